The second kappa shape index (κ2) is 5.62. The van der Waals surface area contributed by atoms with Crippen LogP contribution in [0.25, 0.3) is 11.3 Å². The molecule has 11 heteroatoms. The molecule has 2 amide bonds. The summed E-state index contributed by atoms with van der Waals surface area (Å²) in [6, 6.07) is 6.11. The van der Waals surface area contributed by atoms with Crippen molar-refractivity contribution < 1.29 is 4.79 Å². The third-order valence-electron chi connectivity index (χ3n) is 3.06. The van der Waals surface area contributed by atoms with Crippen molar-refractivity contribution in [3.8, 4) is 0 Å². The average Bonchev–Trinajstić information content (AvgIpc) is 3.08. The Kier molecular flexibility index (Phi) is 3.44. The Morgan fingerprint density at radius 1 is 0.833 bits per heavy atom. The second-order valence-electron chi connectivity index (χ2n) is 4.75. The lowest BCUT2D eigenvalue weighted by Crippen LogP contribution is -2.19. The first-order chi connectivity index (χ1) is 11.6. The third kappa shape index (κ3) is 2.82. The van der Waals surface area contributed by atoms with Crippen molar-refractivity contribution in [1.82, 2.24) is 29.2 Å². The van der Waals surface area contributed by atoms with E-state index in [1.807, 2.05) is 0 Å². The van der Waals surface area contributed by atoms with Crippen molar-refractivity contribution in [1.29, 1.82) is 0 Å². The van der Waals surface area contributed by atoms with Crippen molar-refractivity contribution in [3.05, 3.63) is 47.0 Å². The molecule has 0 bridgehead atoms. The van der Waals surface area contributed by atoms with E-state index in [0.29, 0.717) is 33.2 Å². The summed E-state index contributed by atoms with van der Waals surface area (Å²) in [6.45, 7) is 0. The van der Waals surface area contributed by atoms with Crippen LogP contribution in [0.1, 0.15) is 0 Å². The van der Waals surface area contributed by atoms with E-state index < -0.39 is 6.03 Å². The van der Waals surface area contributed by atoms with Gasteiger partial charge in [0.25, 0.3) is 0 Å². The molecule has 9 nitrogen and oxygen atoms in total. The van der Waals surface area contributed by atoms with Crippen LogP contribution in [0.5, 0.6) is 0 Å². The number of carbonyl (C=O) groups is 1. The smallest absolute Gasteiger partial charge is 0.291 e. The van der Waals surface area contributed by atoms with E-state index in [0.717, 1.165) is 0 Å². The van der Waals surface area contributed by atoms with Gasteiger partial charge in [0, 0.05) is 0 Å². The van der Waals surface area contributed by atoms with E-state index >= 15 is 0 Å². The maximum absolute atomic E-state index is 12.1. The van der Waals surface area contributed by atoms with Gasteiger partial charge in [-0.15, -0.1) is 0 Å². The van der Waals surface area contributed by atoms with Gasteiger partial charge >= 0.3 is 6.03 Å². The number of rotatable bonds is 2. The fourth-order valence-corrected chi connectivity index (χ4v) is 2.39. The summed E-state index contributed by atoms with van der Waals surface area (Å²) in [4.78, 5) is 20.5. The van der Waals surface area contributed by atoms with Gasteiger partial charge in [-0.1, -0.05) is 23.2 Å². The van der Waals surface area contributed by atoms with Gasteiger partial charge in [0.2, 0.25) is 0 Å². The van der Waals surface area contributed by atoms with Gasteiger partial charge in [0.1, 0.15) is 10.3 Å². The lowest BCUT2D eigenvalue weighted by atomic mass is 10.6. The highest BCUT2D eigenvalue weighted by Gasteiger charge is 2.10. The SMILES string of the molecule is O=C(Nc1cn2nc(Cl)ccc2n1)Nc1cn2nc(Cl)ccc2n1. The van der Waals surface area contributed by atoms with Gasteiger partial charge in [-0.2, -0.15) is 10.2 Å². The predicted octanol–water partition coefficient (Wildman–Crippen LogP) is 2.72. The zero-order chi connectivity index (χ0) is 16.7. The van der Waals surface area contributed by atoms with Crippen LogP contribution in [0, 0.1) is 0 Å². The van der Waals surface area contributed by atoms with Gasteiger partial charge < -0.3 is 0 Å². The Morgan fingerprint density at radius 2 is 1.29 bits per heavy atom. The molecule has 0 aromatic carbocycles. The number of imidazole rings is 2. The fraction of sp³-hybridized carbons (Fsp3) is 0. The van der Waals surface area contributed by atoms with E-state index in [4.69, 9.17) is 23.2 Å². The molecule has 0 spiro atoms. The highest BCUT2D eigenvalue weighted by atomic mass is 35.5. The molecule has 4 heterocycles. The summed E-state index contributed by atoms with van der Waals surface area (Å²) in [5.74, 6) is 0.652. The number of fused-ring (bicyclic) bond motifs is 2. The summed E-state index contributed by atoms with van der Waals surface area (Å²) in [6.07, 6.45) is 3.09. The number of urea groups is 1. The molecule has 0 aliphatic carbocycles. The van der Waals surface area contributed by atoms with Gasteiger partial charge in [0.15, 0.2) is 22.9 Å². The minimum Gasteiger partial charge on any atom is -0.291 e. The molecular formula is C13H8Cl2N8O. The Hall–Kier alpha value is -2.91. The highest BCUT2D eigenvalue weighted by Crippen LogP contribution is 2.13. The first-order valence-corrected chi connectivity index (χ1v) is 7.44. The summed E-state index contributed by atoms with van der Waals surface area (Å²) >= 11 is 11.6. The van der Waals surface area contributed by atoms with Crippen molar-refractivity contribution in [2.45, 2.75) is 0 Å². The lowest BCUT2D eigenvalue weighted by Gasteiger charge is -2.01. The van der Waals surface area contributed by atoms with Gasteiger partial charge in [-0.3, -0.25) is 10.6 Å². The van der Waals surface area contributed by atoms with Crippen LogP contribution in [0.2, 0.25) is 10.3 Å². The molecule has 4 aromatic rings. The van der Waals surface area contributed by atoms with E-state index in [1.54, 1.807) is 36.7 Å². The van der Waals surface area contributed by atoms with Gasteiger partial charge in [-0.05, 0) is 24.3 Å². The number of halogens is 2. The van der Waals surface area contributed by atoms with Crippen molar-refractivity contribution >= 4 is 52.2 Å². The molecule has 0 saturated carbocycles. The number of hydrogen-bond acceptors (Lipinski definition) is 5. The molecule has 0 unspecified atom stereocenters. The number of nitrogens with zero attached hydrogens (tertiary/aromatic N) is 6. The van der Waals surface area contributed by atoms with Crippen molar-refractivity contribution in [2.75, 3.05) is 10.6 Å². The molecule has 4 aromatic heterocycles. The number of aromatic nitrogens is 6. The molecule has 0 saturated heterocycles. The normalized spacial score (nSPS) is 11.1. The molecule has 0 fully saturated rings. The highest BCUT2D eigenvalue weighted by molar-refractivity contribution is 6.29. The summed E-state index contributed by atoms with van der Waals surface area (Å²) in [7, 11) is 0. The second-order valence-corrected chi connectivity index (χ2v) is 5.52. The molecule has 2 N–H and O–H groups in total. The standard InChI is InChI=1S/C13H8Cl2N8O/c14-7-1-3-11-16-9(5-22(11)20-7)18-13(24)19-10-6-23-12(17-10)4-2-8(15)21-23/h1-6H,(H2,18,19,24). The van der Waals surface area contributed by atoms with Crippen molar-refractivity contribution in [3.63, 3.8) is 0 Å². The molecule has 4 rings (SSSR count). The topological polar surface area (TPSA) is 102 Å². The first-order valence-electron chi connectivity index (χ1n) is 6.69. The summed E-state index contributed by atoms with van der Waals surface area (Å²) < 4.78 is 2.93. The van der Waals surface area contributed by atoms with E-state index in [-0.39, 0.29) is 0 Å². The lowest BCUT2D eigenvalue weighted by molar-refractivity contribution is 0.262. The summed E-state index contributed by atoms with van der Waals surface area (Å²) in [5.41, 5.74) is 1.11. The molecular weight excluding hydrogens is 355 g/mol. The van der Waals surface area contributed by atoms with E-state index in [2.05, 4.69) is 30.8 Å². The number of carbonyl (C=O) groups excluding carboxylic acids is 1. The quantitative estimate of drug-likeness (QED) is 0.570. The molecule has 0 aliphatic rings. The molecule has 0 radical (unpaired) electrons. The fourth-order valence-electron chi connectivity index (χ4n) is 2.10. The molecule has 24 heavy (non-hydrogen) atoms. The zero-order valence-electron chi connectivity index (χ0n) is 11.8. The van der Waals surface area contributed by atoms with Crippen LogP contribution in [-0.2, 0) is 0 Å². The van der Waals surface area contributed by atoms with Crippen LogP contribution in [0.3, 0.4) is 0 Å². The first kappa shape index (κ1) is 14.7. The van der Waals surface area contributed by atoms with Crippen LogP contribution in [0.15, 0.2) is 36.7 Å². The monoisotopic (exact) mass is 362 g/mol. The minimum absolute atomic E-state index is 0.326. The predicted molar refractivity (Wildman–Crippen MR) is 88.6 cm³/mol. The molecule has 120 valence electrons. The van der Waals surface area contributed by atoms with Crippen LogP contribution < -0.4 is 10.6 Å². The molecule has 0 aliphatic heterocycles. The number of nitrogens with one attached hydrogen (secondary N) is 2. The Balaban J connectivity index is 1.52. The van der Waals surface area contributed by atoms with Gasteiger partial charge in [0.05, 0.1) is 12.4 Å². The van der Waals surface area contributed by atoms with E-state index in [1.165, 1.54) is 9.03 Å². The van der Waals surface area contributed by atoms with Crippen LogP contribution in [-0.4, -0.2) is 35.2 Å². The largest absolute Gasteiger partial charge is 0.326 e. The third-order valence-corrected chi connectivity index (χ3v) is 3.46. The number of hydrogen-bond donors (Lipinski definition) is 2. The summed E-state index contributed by atoms with van der Waals surface area (Å²) in [5, 5.41) is 13.9. The van der Waals surface area contributed by atoms with E-state index in [9.17, 15) is 4.79 Å². The zero-order valence-corrected chi connectivity index (χ0v) is 13.3. The maximum atomic E-state index is 12.1. The Bertz CT molecular complexity index is 988. The minimum atomic E-state index is -0.501. The van der Waals surface area contributed by atoms with Crippen LogP contribution >= 0.6 is 23.2 Å². The number of amides is 2. The van der Waals surface area contributed by atoms with Crippen LogP contribution in [0.4, 0.5) is 16.4 Å². The van der Waals surface area contributed by atoms with Crippen molar-refractivity contribution in [2.24, 2.45) is 0 Å². The maximum Gasteiger partial charge on any atom is 0.326 e. The Labute approximate surface area is 144 Å². The van der Waals surface area contributed by atoms with Gasteiger partial charge in [-0.25, -0.2) is 23.8 Å². The Morgan fingerprint density at radius 3 is 1.75 bits per heavy atom. The average molecular weight is 363 g/mol. The number of anilines is 2. The molecule has 0 atom stereocenters.